The Labute approximate surface area is 96.6 Å². The summed E-state index contributed by atoms with van der Waals surface area (Å²) in [6.45, 7) is 4.04. The molecule has 0 amide bonds. The maximum absolute atomic E-state index is 9.52. The average Bonchev–Trinajstić information content (AvgIpc) is 2.65. The fourth-order valence-corrected chi connectivity index (χ4v) is 2.02. The second kappa shape index (κ2) is 4.71. The van der Waals surface area contributed by atoms with E-state index in [1.165, 1.54) is 5.57 Å². The molecule has 0 saturated carbocycles. The Hall–Kier alpha value is -1.28. The third-order valence-electron chi connectivity index (χ3n) is 2.70. The SMILES string of the molecule is CC(C)Oc1ccccc1C1=CC(O)CC1. The Morgan fingerprint density at radius 2 is 2.06 bits per heavy atom. The maximum atomic E-state index is 9.52. The number of hydrogen-bond donors (Lipinski definition) is 1. The molecule has 1 atom stereocenters. The van der Waals surface area contributed by atoms with Gasteiger partial charge in [0.15, 0.2) is 0 Å². The summed E-state index contributed by atoms with van der Waals surface area (Å²) in [6, 6.07) is 8.03. The van der Waals surface area contributed by atoms with Crippen LogP contribution in [0.1, 0.15) is 32.3 Å². The zero-order chi connectivity index (χ0) is 11.5. The van der Waals surface area contributed by atoms with Crippen LogP contribution >= 0.6 is 0 Å². The van der Waals surface area contributed by atoms with Crippen LogP contribution in [0.2, 0.25) is 0 Å². The van der Waals surface area contributed by atoms with Crippen molar-refractivity contribution >= 4 is 5.57 Å². The van der Waals surface area contributed by atoms with Crippen molar-refractivity contribution in [1.29, 1.82) is 0 Å². The van der Waals surface area contributed by atoms with Crippen molar-refractivity contribution in [2.45, 2.75) is 38.9 Å². The lowest BCUT2D eigenvalue weighted by molar-refractivity contribution is 0.223. The summed E-state index contributed by atoms with van der Waals surface area (Å²) in [5, 5.41) is 9.52. The van der Waals surface area contributed by atoms with E-state index in [-0.39, 0.29) is 12.2 Å². The molecule has 1 unspecified atom stereocenters. The summed E-state index contributed by atoms with van der Waals surface area (Å²) < 4.78 is 5.77. The van der Waals surface area contributed by atoms with Crippen molar-refractivity contribution < 1.29 is 9.84 Å². The number of benzene rings is 1. The largest absolute Gasteiger partial charge is 0.490 e. The molecule has 1 aliphatic carbocycles. The maximum Gasteiger partial charge on any atom is 0.127 e. The molecule has 0 radical (unpaired) electrons. The second-order valence-corrected chi connectivity index (χ2v) is 4.46. The van der Waals surface area contributed by atoms with Gasteiger partial charge in [0.25, 0.3) is 0 Å². The van der Waals surface area contributed by atoms with E-state index in [0.717, 1.165) is 24.2 Å². The molecule has 86 valence electrons. The third kappa shape index (κ3) is 2.45. The first kappa shape index (κ1) is 11.2. The number of allylic oxidation sites excluding steroid dienone is 1. The Morgan fingerprint density at radius 1 is 1.31 bits per heavy atom. The van der Waals surface area contributed by atoms with Crippen LogP contribution in [0.5, 0.6) is 5.75 Å². The third-order valence-corrected chi connectivity index (χ3v) is 2.70. The van der Waals surface area contributed by atoms with E-state index in [9.17, 15) is 5.11 Å². The molecule has 2 heteroatoms. The van der Waals surface area contributed by atoms with E-state index >= 15 is 0 Å². The molecule has 0 spiro atoms. The smallest absolute Gasteiger partial charge is 0.127 e. The van der Waals surface area contributed by atoms with Gasteiger partial charge >= 0.3 is 0 Å². The molecule has 0 bridgehead atoms. The first-order valence-corrected chi connectivity index (χ1v) is 5.81. The van der Waals surface area contributed by atoms with E-state index in [1.54, 1.807) is 0 Å². The Balaban J connectivity index is 2.29. The molecule has 0 heterocycles. The van der Waals surface area contributed by atoms with Crippen LogP contribution in [0.3, 0.4) is 0 Å². The van der Waals surface area contributed by atoms with Gasteiger partial charge in [-0.25, -0.2) is 0 Å². The number of rotatable bonds is 3. The minimum Gasteiger partial charge on any atom is -0.490 e. The van der Waals surface area contributed by atoms with E-state index in [4.69, 9.17) is 4.74 Å². The lowest BCUT2D eigenvalue weighted by atomic mass is 10.0. The Morgan fingerprint density at radius 3 is 2.69 bits per heavy atom. The molecule has 1 aromatic rings. The van der Waals surface area contributed by atoms with Gasteiger partial charge < -0.3 is 9.84 Å². The van der Waals surface area contributed by atoms with E-state index in [2.05, 4.69) is 6.07 Å². The standard InChI is InChI=1S/C14H18O2/c1-10(2)16-14-6-4-3-5-13(14)11-7-8-12(15)9-11/h3-6,9-10,12,15H,7-8H2,1-2H3. The van der Waals surface area contributed by atoms with Crippen LogP contribution in [0.15, 0.2) is 30.3 Å². The highest BCUT2D eigenvalue weighted by Crippen LogP contribution is 2.34. The minimum atomic E-state index is -0.290. The van der Waals surface area contributed by atoms with Gasteiger partial charge in [0, 0.05) is 5.56 Å². The summed E-state index contributed by atoms with van der Waals surface area (Å²) in [6.07, 6.45) is 3.57. The van der Waals surface area contributed by atoms with Crippen molar-refractivity contribution in [2.24, 2.45) is 0 Å². The number of aliphatic hydroxyl groups excluding tert-OH is 1. The molecular weight excluding hydrogens is 200 g/mol. The topological polar surface area (TPSA) is 29.5 Å². The van der Waals surface area contributed by atoms with E-state index in [0.29, 0.717) is 0 Å². The monoisotopic (exact) mass is 218 g/mol. The fraction of sp³-hybridized carbons (Fsp3) is 0.429. The normalized spacial score (nSPS) is 20.0. The highest BCUT2D eigenvalue weighted by atomic mass is 16.5. The first-order chi connectivity index (χ1) is 7.66. The highest BCUT2D eigenvalue weighted by molar-refractivity contribution is 5.72. The van der Waals surface area contributed by atoms with Gasteiger partial charge in [-0.15, -0.1) is 0 Å². The molecule has 0 fully saturated rings. The van der Waals surface area contributed by atoms with E-state index in [1.807, 2.05) is 38.1 Å². The van der Waals surface area contributed by atoms with Gasteiger partial charge in [-0.1, -0.05) is 24.3 Å². The van der Waals surface area contributed by atoms with Crippen LogP contribution in [0, 0.1) is 0 Å². The molecule has 1 N–H and O–H groups in total. The predicted molar refractivity (Wildman–Crippen MR) is 65.4 cm³/mol. The van der Waals surface area contributed by atoms with Crippen LogP contribution < -0.4 is 4.74 Å². The number of ether oxygens (including phenoxy) is 1. The van der Waals surface area contributed by atoms with Crippen LogP contribution in [0.4, 0.5) is 0 Å². The molecule has 16 heavy (non-hydrogen) atoms. The van der Waals surface area contributed by atoms with Gasteiger partial charge in [0.2, 0.25) is 0 Å². The zero-order valence-corrected chi connectivity index (χ0v) is 9.81. The minimum absolute atomic E-state index is 0.174. The van der Waals surface area contributed by atoms with Crippen molar-refractivity contribution in [3.63, 3.8) is 0 Å². The predicted octanol–water partition coefficient (Wildman–Crippen LogP) is 3.01. The van der Waals surface area contributed by atoms with Crippen molar-refractivity contribution in [3.8, 4) is 5.75 Å². The zero-order valence-electron chi connectivity index (χ0n) is 9.81. The Kier molecular flexibility index (Phi) is 3.30. The summed E-state index contributed by atoms with van der Waals surface area (Å²) in [7, 11) is 0. The summed E-state index contributed by atoms with van der Waals surface area (Å²) in [5.41, 5.74) is 2.32. The number of hydrogen-bond acceptors (Lipinski definition) is 2. The van der Waals surface area contributed by atoms with Gasteiger partial charge in [-0.2, -0.15) is 0 Å². The van der Waals surface area contributed by atoms with Gasteiger partial charge in [0.05, 0.1) is 12.2 Å². The van der Waals surface area contributed by atoms with Crippen molar-refractivity contribution in [2.75, 3.05) is 0 Å². The summed E-state index contributed by atoms with van der Waals surface area (Å²) in [5.74, 6) is 0.915. The number of aliphatic hydroxyl groups is 1. The van der Waals surface area contributed by atoms with Crippen LogP contribution in [-0.4, -0.2) is 17.3 Å². The second-order valence-electron chi connectivity index (χ2n) is 4.46. The first-order valence-electron chi connectivity index (χ1n) is 5.81. The number of para-hydroxylation sites is 1. The van der Waals surface area contributed by atoms with Crippen LogP contribution in [0.25, 0.3) is 5.57 Å². The molecule has 0 saturated heterocycles. The molecule has 2 nitrogen and oxygen atoms in total. The van der Waals surface area contributed by atoms with E-state index < -0.39 is 0 Å². The lowest BCUT2D eigenvalue weighted by Crippen LogP contribution is -2.07. The highest BCUT2D eigenvalue weighted by Gasteiger charge is 2.17. The molecule has 0 aromatic heterocycles. The summed E-state index contributed by atoms with van der Waals surface area (Å²) in [4.78, 5) is 0. The van der Waals surface area contributed by atoms with Gasteiger partial charge in [0.1, 0.15) is 5.75 Å². The van der Waals surface area contributed by atoms with Gasteiger partial charge in [-0.3, -0.25) is 0 Å². The quantitative estimate of drug-likeness (QED) is 0.845. The average molecular weight is 218 g/mol. The lowest BCUT2D eigenvalue weighted by Gasteiger charge is -2.14. The molecule has 1 aromatic carbocycles. The molecule has 0 aliphatic heterocycles. The summed E-state index contributed by atoms with van der Waals surface area (Å²) >= 11 is 0. The van der Waals surface area contributed by atoms with Crippen molar-refractivity contribution in [3.05, 3.63) is 35.9 Å². The molecule has 2 rings (SSSR count). The van der Waals surface area contributed by atoms with Gasteiger partial charge in [-0.05, 0) is 38.3 Å². The fourth-order valence-electron chi connectivity index (χ4n) is 2.02. The molecule has 1 aliphatic rings. The molecular formula is C14H18O2. The van der Waals surface area contributed by atoms with Crippen molar-refractivity contribution in [1.82, 2.24) is 0 Å². The Bertz CT molecular complexity index is 393. The van der Waals surface area contributed by atoms with Crippen LogP contribution in [-0.2, 0) is 0 Å².